The summed E-state index contributed by atoms with van der Waals surface area (Å²) in [5, 5.41) is 7.53. The number of aromatic nitrogens is 2. The highest BCUT2D eigenvalue weighted by Crippen LogP contribution is 2.28. The van der Waals surface area contributed by atoms with Crippen molar-refractivity contribution in [1.29, 1.82) is 0 Å². The molecule has 1 aliphatic carbocycles. The molecule has 1 aromatic carbocycles. The molecule has 5 rings (SSSR count). The van der Waals surface area contributed by atoms with Gasteiger partial charge < -0.3 is 15.1 Å². The summed E-state index contributed by atoms with van der Waals surface area (Å²) in [4.78, 5) is 42.9. The molecular formula is C25H31N5O3. The van der Waals surface area contributed by atoms with Gasteiger partial charge in [0.15, 0.2) is 5.69 Å². The van der Waals surface area contributed by atoms with Gasteiger partial charge in [-0.25, -0.2) is 0 Å². The van der Waals surface area contributed by atoms with Crippen LogP contribution in [0.1, 0.15) is 65.1 Å². The predicted octanol–water partition coefficient (Wildman–Crippen LogP) is 2.45. The lowest BCUT2D eigenvalue weighted by molar-refractivity contribution is -0.126. The van der Waals surface area contributed by atoms with Crippen molar-refractivity contribution in [2.75, 3.05) is 19.6 Å². The largest absolute Gasteiger partial charge is 0.354 e. The molecule has 2 fully saturated rings. The van der Waals surface area contributed by atoms with Gasteiger partial charge in [0.25, 0.3) is 11.8 Å². The summed E-state index contributed by atoms with van der Waals surface area (Å²) < 4.78 is 1.66. The number of hydrogen-bond acceptors (Lipinski definition) is 4. The fourth-order valence-electron chi connectivity index (χ4n) is 4.77. The third-order valence-electron chi connectivity index (χ3n) is 6.85. The van der Waals surface area contributed by atoms with Gasteiger partial charge in [-0.2, -0.15) is 5.10 Å². The van der Waals surface area contributed by atoms with Crippen molar-refractivity contribution < 1.29 is 14.4 Å². The first-order valence-corrected chi connectivity index (χ1v) is 12.1. The van der Waals surface area contributed by atoms with E-state index in [4.69, 9.17) is 0 Å². The van der Waals surface area contributed by atoms with Crippen LogP contribution in [0.15, 0.2) is 36.4 Å². The van der Waals surface area contributed by atoms with Crippen LogP contribution in [0.25, 0.3) is 0 Å². The minimum absolute atomic E-state index is 0.0687. The van der Waals surface area contributed by atoms with Crippen LogP contribution in [0.4, 0.5) is 0 Å². The Labute approximate surface area is 193 Å². The van der Waals surface area contributed by atoms with E-state index in [0.29, 0.717) is 50.8 Å². The molecule has 3 aliphatic rings. The van der Waals surface area contributed by atoms with Crippen molar-refractivity contribution in [1.82, 2.24) is 24.9 Å². The van der Waals surface area contributed by atoms with Gasteiger partial charge in [-0.15, -0.1) is 0 Å². The van der Waals surface area contributed by atoms with Gasteiger partial charge in [-0.3, -0.25) is 19.1 Å². The summed E-state index contributed by atoms with van der Waals surface area (Å²) >= 11 is 0. The number of carbonyl (C=O) groups excluding carboxylic acids is 3. The van der Waals surface area contributed by atoms with Gasteiger partial charge in [-0.05, 0) is 50.0 Å². The molecule has 2 aliphatic heterocycles. The van der Waals surface area contributed by atoms with Gasteiger partial charge in [0.05, 0.1) is 0 Å². The van der Waals surface area contributed by atoms with Crippen molar-refractivity contribution in [2.24, 2.45) is 5.92 Å². The zero-order valence-corrected chi connectivity index (χ0v) is 18.9. The van der Waals surface area contributed by atoms with Gasteiger partial charge in [-0.1, -0.05) is 30.3 Å². The van der Waals surface area contributed by atoms with E-state index < -0.39 is 6.04 Å². The molecule has 2 aromatic rings. The molecular weight excluding hydrogens is 418 g/mol. The molecule has 1 saturated heterocycles. The van der Waals surface area contributed by atoms with Crippen molar-refractivity contribution in [2.45, 2.75) is 57.7 Å². The van der Waals surface area contributed by atoms with E-state index in [1.807, 2.05) is 35.2 Å². The maximum atomic E-state index is 13.4. The van der Waals surface area contributed by atoms with Gasteiger partial charge in [0, 0.05) is 38.8 Å². The Morgan fingerprint density at radius 2 is 1.82 bits per heavy atom. The molecule has 0 bridgehead atoms. The fourth-order valence-corrected chi connectivity index (χ4v) is 4.77. The summed E-state index contributed by atoms with van der Waals surface area (Å²) in [6.07, 6.45) is 5.58. The van der Waals surface area contributed by atoms with E-state index >= 15 is 0 Å². The van der Waals surface area contributed by atoms with Crippen LogP contribution in [0, 0.1) is 5.92 Å². The smallest absolute Gasteiger partial charge is 0.275 e. The number of hydrogen-bond donors (Lipinski definition) is 1. The Hall–Kier alpha value is -3.16. The average Bonchev–Trinajstić information content (AvgIpc) is 3.61. The summed E-state index contributed by atoms with van der Waals surface area (Å²) in [6, 6.07) is 11.1. The number of aryl methyl sites for hydroxylation is 1. The average molecular weight is 450 g/mol. The second-order valence-electron chi connectivity index (χ2n) is 9.40. The monoisotopic (exact) mass is 449 g/mol. The Morgan fingerprint density at radius 1 is 1.00 bits per heavy atom. The fraction of sp³-hybridized carbons (Fsp3) is 0.520. The molecule has 1 saturated carbocycles. The molecule has 3 amide bonds. The number of fused-ring (bicyclic) bond motifs is 1. The van der Waals surface area contributed by atoms with E-state index in [1.54, 1.807) is 15.6 Å². The number of nitrogens with one attached hydrogen (secondary N) is 1. The van der Waals surface area contributed by atoms with Crippen LogP contribution in [-0.2, 0) is 17.9 Å². The minimum Gasteiger partial charge on any atom is -0.354 e. The van der Waals surface area contributed by atoms with Crippen molar-refractivity contribution in [3.05, 3.63) is 53.3 Å². The number of rotatable bonds is 6. The van der Waals surface area contributed by atoms with Gasteiger partial charge in [0.2, 0.25) is 5.91 Å². The molecule has 8 nitrogen and oxygen atoms in total. The molecule has 174 valence electrons. The summed E-state index contributed by atoms with van der Waals surface area (Å²) in [5.41, 5.74) is 1.77. The molecule has 3 heterocycles. The third kappa shape index (κ3) is 4.79. The lowest BCUT2D eigenvalue weighted by Gasteiger charge is -2.34. The predicted molar refractivity (Wildman–Crippen MR) is 122 cm³/mol. The summed E-state index contributed by atoms with van der Waals surface area (Å²) in [6.45, 7) is 3.00. The van der Waals surface area contributed by atoms with E-state index in [1.165, 1.54) is 12.8 Å². The van der Waals surface area contributed by atoms with Gasteiger partial charge >= 0.3 is 0 Å². The number of benzene rings is 1. The number of nitrogens with zero attached hydrogens (tertiary/aromatic N) is 4. The second-order valence-corrected chi connectivity index (χ2v) is 9.40. The van der Waals surface area contributed by atoms with Crippen LogP contribution >= 0.6 is 0 Å². The highest BCUT2D eigenvalue weighted by atomic mass is 16.2. The molecule has 33 heavy (non-hydrogen) atoms. The quantitative estimate of drug-likeness (QED) is 0.734. The maximum Gasteiger partial charge on any atom is 0.275 e. The minimum atomic E-state index is -0.461. The van der Waals surface area contributed by atoms with E-state index in [9.17, 15) is 14.4 Å². The summed E-state index contributed by atoms with van der Waals surface area (Å²) in [7, 11) is 0. The van der Waals surface area contributed by atoms with Crippen LogP contribution in [0.3, 0.4) is 0 Å². The molecule has 1 unspecified atom stereocenters. The molecule has 1 N–H and O–H groups in total. The number of amides is 3. The van der Waals surface area contributed by atoms with E-state index in [-0.39, 0.29) is 23.4 Å². The molecule has 1 aromatic heterocycles. The number of piperidine rings is 1. The molecule has 0 spiro atoms. The Morgan fingerprint density at radius 3 is 2.61 bits per heavy atom. The SMILES string of the molecule is O=C(NCC1CC1)C1CCCCN1C(=O)c1cc2n(n1)CCCN(Cc1ccccc1)C2=O. The van der Waals surface area contributed by atoms with E-state index in [0.717, 1.165) is 24.8 Å². The van der Waals surface area contributed by atoms with Crippen LogP contribution in [0.2, 0.25) is 0 Å². The Kier molecular flexibility index (Phi) is 6.15. The van der Waals surface area contributed by atoms with Crippen LogP contribution in [0.5, 0.6) is 0 Å². The van der Waals surface area contributed by atoms with Crippen LogP contribution < -0.4 is 5.32 Å². The Bertz CT molecular complexity index is 1030. The molecule has 1 atom stereocenters. The van der Waals surface area contributed by atoms with Crippen molar-refractivity contribution in [3.8, 4) is 0 Å². The number of likely N-dealkylation sites (tertiary alicyclic amines) is 1. The maximum absolute atomic E-state index is 13.4. The lowest BCUT2D eigenvalue weighted by Crippen LogP contribution is -2.52. The summed E-state index contributed by atoms with van der Waals surface area (Å²) in [5.74, 6) is 0.153. The normalized spacial score (nSPS) is 20.8. The zero-order chi connectivity index (χ0) is 22.8. The molecule has 0 radical (unpaired) electrons. The molecule has 8 heteroatoms. The first-order valence-electron chi connectivity index (χ1n) is 12.1. The highest BCUT2D eigenvalue weighted by molar-refractivity contribution is 5.99. The first kappa shape index (κ1) is 21.7. The number of carbonyl (C=O) groups is 3. The first-order chi connectivity index (χ1) is 16.1. The lowest BCUT2D eigenvalue weighted by atomic mass is 10.0. The highest BCUT2D eigenvalue weighted by Gasteiger charge is 2.35. The van der Waals surface area contributed by atoms with Gasteiger partial charge in [0.1, 0.15) is 11.7 Å². The van der Waals surface area contributed by atoms with E-state index in [2.05, 4.69) is 10.4 Å². The third-order valence-corrected chi connectivity index (χ3v) is 6.85. The zero-order valence-electron chi connectivity index (χ0n) is 18.9. The standard InChI is InChI=1S/C25H31N5O3/c31-23(26-16-18-10-11-18)21-9-4-5-13-29(21)24(32)20-15-22-25(33)28(12-6-14-30(22)27-20)17-19-7-2-1-3-8-19/h1-3,7-8,15,18,21H,4-6,9-14,16-17H2,(H,26,31). The Balaban J connectivity index is 1.32. The second kappa shape index (κ2) is 9.37. The van der Waals surface area contributed by atoms with Crippen molar-refractivity contribution in [3.63, 3.8) is 0 Å². The topological polar surface area (TPSA) is 87.5 Å². The van der Waals surface area contributed by atoms with Crippen LogP contribution in [-0.4, -0.2) is 63.0 Å². The van der Waals surface area contributed by atoms with Crippen molar-refractivity contribution >= 4 is 17.7 Å².